The van der Waals surface area contributed by atoms with Crippen LogP contribution in [0.2, 0.25) is 0 Å². The number of urea groups is 1. The van der Waals surface area contributed by atoms with Gasteiger partial charge in [-0.1, -0.05) is 32.1 Å². The third-order valence-electron chi connectivity index (χ3n) is 4.28. The Balaban J connectivity index is 1.76. The summed E-state index contributed by atoms with van der Waals surface area (Å²) in [7, 11) is 0. The number of aromatic nitrogens is 1. The molecule has 1 heterocycles. The summed E-state index contributed by atoms with van der Waals surface area (Å²) in [5, 5.41) is 15.1. The fourth-order valence-corrected chi connectivity index (χ4v) is 3.63. The molecule has 0 spiro atoms. The summed E-state index contributed by atoms with van der Waals surface area (Å²) in [5.74, 6) is 0.740. The zero-order valence-electron chi connectivity index (χ0n) is 13.4. The highest BCUT2D eigenvalue weighted by molar-refractivity contribution is 7.09. The summed E-state index contributed by atoms with van der Waals surface area (Å²) in [4.78, 5) is 18.3. The Bertz CT molecular complexity index is 458. The van der Waals surface area contributed by atoms with Crippen molar-refractivity contribution in [2.75, 3.05) is 19.7 Å². The highest BCUT2D eigenvalue weighted by atomic mass is 32.1. The molecular weight excluding hydrogens is 298 g/mol. The Morgan fingerprint density at radius 3 is 2.82 bits per heavy atom. The average molecular weight is 325 g/mol. The Morgan fingerprint density at radius 2 is 2.18 bits per heavy atom. The number of aryl methyl sites for hydroxylation is 1. The number of aliphatic hydroxyl groups excluding tert-OH is 1. The zero-order valence-corrected chi connectivity index (χ0v) is 14.2. The van der Waals surface area contributed by atoms with Gasteiger partial charge in [0.05, 0.1) is 23.9 Å². The van der Waals surface area contributed by atoms with Gasteiger partial charge in [0.2, 0.25) is 0 Å². The Hall–Kier alpha value is -1.14. The molecule has 1 aromatic heterocycles. The topological polar surface area (TPSA) is 65.5 Å². The molecule has 22 heavy (non-hydrogen) atoms. The molecule has 0 unspecified atom stereocenters. The lowest BCUT2D eigenvalue weighted by molar-refractivity contribution is 0.169. The number of nitrogens with zero attached hydrogens (tertiary/aromatic N) is 2. The van der Waals surface area contributed by atoms with Gasteiger partial charge in [0.15, 0.2) is 0 Å². The number of rotatable bonds is 7. The third-order valence-corrected chi connectivity index (χ3v) is 5.10. The van der Waals surface area contributed by atoms with E-state index in [1.165, 1.54) is 32.1 Å². The molecule has 1 aliphatic rings. The first-order chi connectivity index (χ1) is 10.7. The second kappa shape index (κ2) is 9.10. The van der Waals surface area contributed by atoms with Crippen LogP contribution in [0.15, 0.2) is 5.38 Å². The molecule has 0 aromatic carbocycles. The summed E-state index contributed by atoms with van der Waals surface area (Å²) in [5.41, 5.74) is 0.895. The van der Waals surface area contributed by atoms with E-state index in [0.29, 0.717) is 13.1 Å². The van der Waals surface area contributed by atoms with Crippen molar-refractivity contribution in [3.05, 3.63) is 16.1 Å². The maximum absolute atomic E-state index is 12.3. The van der Waals surface area contributed by atoms with Crippen molar-refractivity contribution in [3.63, 3.8) is 0 Å². The number of aliphatic hydroxyl groups is 1. The molecule has 124 valence electrons. The van der Waals surface area contributed by atoms with Gasteiger partial charge < -0.3 is 15.3 Å². The molecule has 0 saturated heterocycles. The first-order valence-corrected chi connectivity index (χ1v) is 9.11. The van der Waals surface area contributed by atoms with E-state index in [9.17, 15) is 9.90 Å². The van der Waals surface area contributed by atoms with Crippen LogP contribution in [0.1, 0.15) is 49.2 Å². The van der Waals surface area contributed by atoms with Crippen LogP contribution in [0.3, 0.4) is 0 Å². The van der Waals surface area contributed by atoms with Gasteiger partial charge in [-0.05, 0) is 19.3 Å². The minimum atomic E-state index is -0.101. The molecule has 2 rings (SSSR count). The van der Waals surface area contributed by atoms with Gasteiger partial charge in [-0.2, -0.15) is 0 Å². The minimum absolute atomic E-state index is 0.00783. The molecule has 1 fully saturated rings. The predicted molar refractivity (Wildman–Crippen MR) is 88.9 cm³/mol. The number of hydrogen-bond acceptors (Lipinski definition) is 4. The molecule has 0 bridgehead atoms. The van der Waals surface area contributed by atoms with E-state index in [0.717, 1.165) is 29.6 Å². The Labute approximate surface area is 136 Å². The standard InChI is InChI=1S/C16H27N3O2S/c1-13-18-15(12-22-13)11-17-16(21)19(9-10-20)8-7-14-5-3-2-4-6-14/h12,14,20H,2-11H2,1H3,(H,17,21). The lowest BCUT2D eigenvalue weighted by Crippen LogP contribution is -2.42. The van der Waals surface area contributed by atoms with Gasteiger partial charge in [0.25, 0.3) is 0 Å². The van der Waals surface area contributed by atoms with Crippen molar-refractivity contribution < 1.29 is 9.90 Å². The summed E-state index contributed by atoms with van der Waals surface area (Å²) in [6, 6.07) is -0.101. The number of carbonyl (C=O) groups is 1. The van der Waals surface area contributed by atoms with E-state index < -0.39 is 0 Å². The monoisotopic (exact) mass is 325 g/mol. The number of nitrogens with one attached hydrogen (secondary N) is 1. The second-order valence-electron chi connectivity index (χ2n) is 6.02. The van der Waals surface area contributed by atoms with E-state index in [1.807, 2.05) is 12.3 Å². The molecule has 1 saturated carbocycles. The highest BCUT2D eigenvalue weighted by Crippen LogP contribution is 2.26. The first-order valence-electron chi connectivity index (χ1n) is 8.23. The maximum atomic E-state index is 12.3. The van der Waals surface area contributed by atoms with Gasteiger partial charge in [0.1, 0.15) is 0 Å². The van der Waals surface area contributed by atoms with Crippen LogP contribution in [0.4, 0.5) is 4.79 Å². The van der Waals surface area contributed by atoms with Crippen molar-refractivity contribution in [2.45, 2.75) is 52.0 Å². The van der Waals surface area contributed by atoms with Gasteiger partial charge in [-0.15, -0.1) is 11.3 Å². The maximum Gasteiger partial charge on any atom is 0.317 e. The van der Waals surface area contributed by atoms with E-state index in [-0.39, 0.29) is 12.6 Å². The second-order valence-corrected chi connectivity index (χ2v) is 7.08. The molecule has 6 heteroatoms. The largest absolute Gasteiger partial charge is 0.395 e. The molecule has 1 aromatic rings. The van der Waals surface area contributed by atoms with Crippen LogP contribution in [0, 0.1) is 12.8 Å². The lowest BCUT2D eigenvalue weighted by Gasteiger charge is -2.26. The Morgan fingerprint density at radius 1 is 1.41 bits per heavy atom. The lowest BCUT2D eigenvalue weighted by atomic mass is 9.87. The van der Waals surface area contributed by atoms with Gasteiger partial charge in [-0.25, -0.2) is 9.78 Å². The molecule has 2 amide bonds. The molecule has 0 atom stereocenters. The van der Waals surface area contributed by atoms with Crippen LogP contribution in [0.25, 0.3) is 0 Å². The normalized spacial score (nSPS) is 15.7. The number of hydrogen-bond donors (Lipinski definition) is 2. The molecule has 0 aliphatic heterocycles. The van der Waals surface area contributed by atoms with E-state index >= 15 is 0 Å². The zero-order chi connectivity index (χ0) is 15.8. The van der Waals surface area contributed by atoms with Crippen LogP contribution >= 0.6 is 11.3 Å². The molecule has 1 aliphatic carbocycles. The SMILES string of the molecule is Cc1nc(CNC(=O)N(CCO)CCC2CCCCC2)cs1. The van der Waals surface area contributed by atoms with Crippen LogP contribution in [-0.2, 0) is 6.54 Å². The molecule has 0 radical (unpaired) electrons. The smallest absolute Gasteiger partial charge is 0.317 e. The van der Waals surface area contributed by atoms with Crippen LogP contribution < -0.4 is 5.32 Å². The third kappa shape index (κ3) is 5.57. The van der Waals surface area contributed by atoms with Crippen molar-refractivity contribution >= 4 is 17.4 Å². The fraction of sp³-hybridized carbons (Fsp3) is 0.750. The number of carbonyl (C=O) groups excluding carboxylic acids is 1. The Kier molecular flexibility index (Phi) is 7.12. The van der Waals surface area contributed by atoms with Crippen molar-refractivity contribution in [1.29, 1.82) is 0 Å². The van der Waals surface area contributed by atoms with E-state index in [2.05, 4.69) is 10.3 Å². The molecule has 2 N–H and O–H groups in total. The van der Waals surface area contributed by atoms with Gasteiger partial charge in [-0.3, -0.25) is 0 Å². The van der Waals surface area contributed by atoms with Gasteiger partial charge >= 0.3 is 6.03 Å². The van der Waals surface area contributed by atoms with Gasteiger partial charge in [0, 0.05) is 18.5 Å². The molecule has 5 nitrogen and oxygen atoms in total. The van der Waals surface area contributed by atoms with E-state index in [4.69, 9.17) is 0 Å². The first kappa shape index (κ1) is 17.2. The summed E-state index contributed by atoms with van der Waals surface area (Å²) >= 11 is 1.59. The van der Waals surface area contributed by atoms with Crippen molar-refractivity contribution in [3.8, 4) is 0 Å². The van der Waals surface area contributed by atoms with Crippen molar-refractivity contribution in [1.82, 2.24) is 15.2 Å². The van der Waals surface area contributed by atoms with Crippen LogP contribution in [0.5, 0.6) is 0 Å². The van der Waals surface area contributed by atoms with E-state index in [1.54, 1.807) is 16.2 Å². The number of amides is 2. The average Bonchev–Trinajstić information content (AvgIpc) is 2.95. The summed E-state index contributed by atoms with van der Waals surface area (Å²) < 4.78 is 0. The number of thiazole rings is 1. The minimum Gasteiger partial charge on any atom is -0.395 e. The van der Waals surface area contributed by atoms with Crippen LogP contribution in [-0.4, -0.2) is 40.7 Å². The predicted octanol–water partition coefficient (Wildman–Crippen LogP) is 2.93. The summed E-state index contributed by atoms with van der Waals surface area (Å²) in [6.07, 6.45) is 7.60. The quantitative estimate of drug-likeness (QED) is 0.810. The van der Waals surface area contributed by atoms with Crippen molar-refractivity contribution in [2.24, 2.45) is 5.92 Å². The molecular formula is C16H27N3O2S. The fourth-order valence-electron chi connectivity index (χ4n) is 3.02. The summed E-state index contributed by atoms with van der Waals surface area (Å²) in [6.45, 7) is 3.54. The highest BCUT2D eigenvalue weighted by Gasteiger charge is 2.18.